The Balaban J connectivity index is 0.00000162. The molecule has 0 radical (unpaired) electrons. The van der Waals surface area contributed by atoms with Crippen LogP contribution in [0.2, 0.25) is 0 Å². The van der Waals surface area contributed by atoms with Crippen LogP contribution in [0, 0.1) is 11.3 Å². The minimum atomic E-state index is 0. The number of carbonyl (C=O) groups excluding carboxylic acids is 1. The molecule has 18 heavy (non-hydrogen) atoms. The van der Waals surface area contributed by atoms with Gasteiger partial charge in [-0.25, -0.2) is 0 Å². The van der Waals surface area contributed by atoms with Crippen LogP contribution in [-0.2, 0) is 4.79 Å². The Kier molecular flexibility index (Phi) is 5.93. The zero-order valence-electron chi connectivity index (χ0n) is 11.6. The predicted molar refractivity (Wildman–Crippen MR) is 77.0 cm³/mol. The first-order valence-electron chi connectivity index (χ1n) is 7.11. The van der Waals surface area contributed by atoms with E-state index in [4.69, 9.17) is 0 Å². The maximum atomic E-state index is 12.2. The van der Waals surface area contributed by atoms with Crippen molar-refractivity contribution in [1.29, 1.82) is 0 Å². The van der Waals surface area contributed by atoms with Crippen LogP contribution in [0.4, 0.5) is 0 Å². The second-order valence-corrected chi connectivity index (χ2v) is 6.32. The molecular weight excluding hydrogens is 248 g/mol. The Labute approximate surface area is 117 Å². The molecule has 1 aliphatic heterocycles. The predicted octanol–water partition coefficient (Wildman–Crippen LogP) is 2.49. The van der Waals surface area contributed by atoms with Crippen LogP contribution < -0.4 is 10.6 Å². The summed E-state index contributed by atoms with van der Waals surface area (Å²) in [7, 11) is 0. The van der Waals surface area contributed by atoms with E-state index in [1.54, 1.807) is 0 Å². The molecule has 1 saturated heterocycles. The summed E-state index contributed by atoms with van der Waals surface area (Å²) in [5, 5.41) is 6.62. The second-order valence-electron chi connectivity index (χ2n) is 6.32. The first kappa shape index (κ1) is 15.8. The molecule has 1 amide bonds. The molecule has 1 atom stereocenters. The van der Waals surface area contributed by atoms with Gasteiger partial charge in [0.1, 0.15) is 0 Å². The number of amides is 1. The summed E-state index contributed by atoms with van der Waals surface area (Å²) in [6.45, 7) is 6.57. The van der Waals surface area contributed by atoms with Gasteiger partial charge in [-0.05, 0) is 44.2 Å². The monoisotopic (exact) mass is 274 g/mol. The number of nitrogens with one attached hydrogen (secondary N) is 2. The van der Waals surface area contributed by atoms with E-state index in [1.165, 1.54) is 19.3 Å². The summed E-state index contributed by atoms with van der Waals surface area (Å²) in [5.74, 6) is 0.542. The minimum Gasteiger partial charge on any atom is -0.353 e. The molecule has 0 aromatic carbocycles. The highest BCUT2D eigenvalue weighted by Crippen LogP contribution is 2.35. The molecule has 0 bridgehead atoms. The van der Waals surface area contributed by atoms with Crippen LogP contribution in [0.15, 0.2) is 0 Å². The maximum Gasteiger partial charge on any atom is 0.223 e. The Morgan fingerprint density at radius 3 is 2.44 bits per heavy atom. The molecule has 106 valence electrons. The summed E-state index contributed by atoms with van der Waals surface area (Å²) in [5.41, 5.74) is 0.279. The summed E-state index contributed by atoms with van der Waals surface area (Å²) in [6, 6.07) is 0.388. The summed E-state index contributed by atoms with van der Waals surface area (Å²) < 4.78 is 0. The quantitative estimate of drug-likeness (QED) is 0.812. The molecule has 4 heteroatoms. The molecule has 2 N–H and O–H groups in total. The number of halogens is 1. The van der Waals surface area contributed by atoms with Gasteiger partial charge < -0.3 is 10.6 Å². The summed E-state index contributed by atoms with van der Waals surface area (Å²) in [4.78, 5) is 12.2. The number of piperidine rings is 1. The maximum absolute atomic E-state index is 12.2. The van der Waals surface area contributed by atoms with Gasteiger partial charge in [0.2, 0.25) is 5.91 Å². The highest BCUT2D eigenvalue weighted by Gasteiger charge is 2.34. The lowest BCUT2D eigenvalue weighted by molar-refractivity contribution is -0.127. The molecule has 3 nitrogen and oxygen atoms in total. The van der Waals surface area contributed by atoms with Crippen molar-refractivity contribution >= 4 is 18.3 Å². The van der Waals surface area contributed by atoms with Gasteiger partial charge in [-0.15, -0.1) is 12.4 Å². The third kappa shape index (κ3) is 3.86. The largest absolute Gasteiger partial charge is 0.353 e. The van der Waals surface area contributed by atoms with Crippen LogP contribution in [0.25, 0.3) is 0 Å². The van der Waals surface area contributed by atoms with E-state index in [-0.39, 0.29) is 23.7 Å². The van der Waals surface area contributed by atoms with Crippen molar-refractivity contribution in [2.75, 3.05) is 13.1 Å². The molecule has 0 aromatic rings. The standard InChI is InChI=1S/C14H26N2O.ClH/c1-14(2)8-4-3-5-12(14)16-13(17)11-6-9-15-10-7-11;/h11-12,15H,3-10H2,1-2H3,(H,16,17);1H. The topological polar surface area (TPSA) is 41.1 Å². The van der Waals surface area contributed by atoms with Gasteiger partial charge >= 0.3 is 0 Å². The normalized spacial score (nSPS) is 28.2. The van der Waals surface area contributed by atoms with Crippen LogP contribution in [0.3, 0.4) is 0 Å². The zero-order valence-corrected chi connectivity index (χ0v) is 12.4. The van der Waals surface area contributed by atoms with Crippen molar-refractivity contribution in [1.82, 2.24) is 10.6 Å². The average Bonchev–Trinajstić information content (AvgIpc) is 2.33. The van der Waals surface area contributed by atoms with E-state index >= 15 is 0 Å². The summed E-state index contributed by atoms with van der Waals surface area (Å²) in [6.07, 6.45) is 6.97. The number of hydrogen-bond donors (Lipinski definition) is 2. The Morgan fingerprint density at radius 1 is 1.17 bits per heavy atom. The van der Waals surface area contributed by atoms with Gasteiger partial charge in [0, 0.05) is 12.0 Å². The molecule has 1 saturated carbocycles. The van der Waals surface area contributed by atoms with Gasteiger partial charge in [-0.1, -0.05) is 26.7 Å². The number of carbonyl (C=O) groups is 1. The molecular formula is C14H27ClN2O. The number of hydrogen-bond acceptors (Lipinski definition) is 2. The highest BCUT2D eigenvalue weighted by atomic mass is 35.5. The number of rotatable bonds is 2. The van der Waals surface area contributed by atoms with Gasteiger partial charge in [0.15, 0.2) is 0 Å². The molecule has 0 spiro atoms. The van der Waals surface area contributed by atoms with Crippen LogP contribution in [-0.4, -0.2) is 25.0 Å². The first-order chi connectivity index (χ1) is 8.09. The lowest BCUT2D eigenvalue weighted by Crippen LogP contribution is -2.49. The smallest absolute Gasteiger partial charge is 0.223 e. The first-order valence-corrected chi connectivity index (χ1v) is 7.11. The van der Waals surface area contributed by atoms with E-state index in [1.807, 2.05) is 0 Å². The van der Waals surface area contributed by atoms with Gasteiger partial charge in [0.25, 0.3) is 0 Å². The minimum absolute atomic E-state index is 0. The molecule has 0 aromatic heterocycles. The van der Waals surface area contributed by atoms with Gasteiger partial charge in [0.05, 0.1) is 0 Å². The van der Waals surface area contributed by atoms with Crippen molar-refractivity contribution in [3.8, 4) is 0 Å². The van der Waals surface area contributed by atoms with Crippen molar-refractivity contribution in [2.45, 2.75) is 58.4 Å². The molecule has 1 unspecified atom stereocenters. The van der Waals surface area contributed by atoms with Gasteiger partial charge in [-0.3, -0.25) is 4.79 Å². The molecule has 1 aliphatic carbocycles. The van der Waals surface area contributed by atoms with Crippen LogP contribution in [0.1, 0.15) is 52.4 Å². The molecule has 1 heterocycles. The lowest BCUT2D eigenvalue weighted by Gasteiger charge is -2.40. The van der Waals surface area contributed by atoms with Crippen LogP contribution >= 0.6 is 12.4 Å². The van der Waals surface area contributed by atoms with Crippen molar-refractivity contribution in [3.63, 3.8) is 0 Å². The second kappa shape index (κ2) is 6.76. The van der Waals surface area contributed by atoms with E-state index < -0.39 is 0 Å². The Bertz CT molecular complexity index is 275. The third-order valence-corrected chi connectivity index (χ3v) is 4.53. The van der Waals surface area contributed by atoms with Crippen molar-refractivity contribution in [3.05, 3.63) is 0 Å². The zero-order chi connectivity index (χ0) is 12.3. The highest BCUT2D eigenvalue weighted by molar-refractivity contribution is 5.85. The van der Waals surface area contributed by atoms with Crippen LogP contribution in [0.5, 0.6) is 0 Å². The van der Waals surface area contributed by atoms with E-state index in [0.29, 0.717) is 11.9 Å². The average molecular weight is 275 g/mol. The molecule has 2 fully saturated rings. The molecule has 2 rings (SSSR count). The molecule has 2 aliphatic rings. The van der Waals surface area contributed by atoms with Crippen molar-refractivity contribution in [2.24, 2.45) is 11.3 Å². The van der Waals surface area contributed by atoms with E-state index in [0.717, 1.165) is 32.4 Å². The third-order valence-electron chi connectivity index (χ3n) is 4.53. The fourth-order valence-corrected chi connectivity index (χ4v) is 3.14. The SMILES string of the molecule is CC1(C)CCCCC1NC(=O)C1CCNCC1.Cl. The van der Waals surface area contributed by atoms with E-state index in [2.05, 4.69) is 24.5 Å². The van der Waals surface area contributed by atoms with Gasteiger partial charge in [-0.2, -0.15) is 0 Å². The Morgan fingerprint density at radius 2 is 1.83 bits per heavy atom. The van der Waals surface area contributed by atoms with Crippen molar-refractivity contribution < 1.29 is 4.79 Å². The lowest BCUT2D eigenvalue weighted by atomic mass is 9.73. The Hall–Kier alpha value is -0.280. The summed E-state index contributed by atoms with van der Waals surface area (Å²) >= 11 is 0. The fourth-order valence-electron chi connectivity index (χ4n) is 3.14. The van der Waals surface area contributed by atoms with E-state index in [9.17, 15) is 4.79 Å². The fraction of sp³-hybridized carbons (Fsp3) is 0.929.